The summed E-state index contributed by atoms with van der Waals surface area (Å²) in [4.78, 5) is 26.6. The molecular weight excluding hydrogens is 354 g/mol. The van der Waals surface area contributed by atoms with E-state index in [0.717, 1.165) is 41.3 Å². The average molecular weight is 376 g/mol. The van der Waals surface area contributed by atoms with Gasteiger partial charge in [0.25, 0.3) is 5.91 Å². The molecule has 0 unspecified atom stereocenters. The molecule has 4 heterocycles. The monoisotopic (exact) mass is 375 g/mol. The van der Waals surface area contributed by atoms with Crippen LogP contribution in [0, 0.1) is 0 Å². The Morgan fingerprint density at radius 2 is 2.12 bits per heavy atom. The third kappa shape index (κ3) is 3.35. The summed E-state index contributed by atoms with van der Waals surface area (Å²) in [6, 6.07) is 3.50. The van der Waals surface area contributed by atoms with Gasteiger partial charge in [-0.2, -0.15) is 11.8 Å². The van der Waals surface area contributed by atoms with E-state index < -0.39 is 6.04 Å². The highest BCUT2D eigenvalue weighted by molar-refractivity contribution is 7.98. The van der Waals surface area contributed by atoms with Crippen molar-refractivity contribution in [2.45, 2.75) is 37.5 Å². The molecule has 5 nitrogen and oxygen atoms in total. The fourth-order valence-corrected chi connectivity index (χ4v) is 5.86. The Morgan fingerprint density at radius 3 is 2.96 bits per heavy atom. The molecule has 2 amide bonds. The maximum atomic E-state index is 13.1. The number of carbonyl (C=O) groups is 2. The minimum absolute atomic E-state index is 0.0620. The molecule has 2 aliphatic rings. The summed E-state index contributed by atoms with van der Waals surface area (Å²) in [7, 11) is 0. The maximum Gasteiger partial charge on any atom is 0.255 e. The van der Waals surface area contributed by atoms with Gasteiger partial charge in [-0.25, -0.2) is 0 Å². The van der Waals surface area contributed by atoms with E-state index in [1.165, 1.54) is 10.4 Å². The number of nitrogens with one attached hydrogen (secondary N) is 2. The van der Waals surface area contributed by atoms with Crippen molar-refractivity contribution in [3.63, 3.8) is 0 Å². The van der Waals surface area contributed by atoms with Crippen LogP contribution < -0.4 is 10.6 Å². The minimum Gasteiger partial charge on any atom is -0.354 e. The Labute approximate surface area is 155 Å². The first kappa shape index (κ1) is 16.7. The van der Waals surface area contributed by atoms with Crippen LogP contribution in [-0.2, 0) is 17.0 Å². The van der Waals surface area contributed by atoms with Crippen LogP contribution in [0.25, 0.3) is 5.00 Å². The van der Waals surface area contributed by atoms with Gasteiger partial charge in [-0.1, -0.05) is 0 Å². The third-order valence-corrected chi connectivity index (χ3v) is 7.12. The topological polar surface area (TPSA) is 63.1 Å². The number of nitrogens with zero attached hydrogens (tertiary/aromatic N) is 1. The standard InChI is InChI=1S/C18H21N3O2S2/c22-16-13(5-1-2-7-19-16)20-17(23)15-12-6-10-24-11-14(12)25-18(15)21-8-3-4-9-21/h3-4,8-9,13H,1-2,5-7,10-11H2,(H,19,22)(H,20,23)/t13-/m1/s1. The largest absolute Gasteiger partial charge is 0.354 e. The van der Waals surface area contributed by atoms with Gasteiger partial charge >= 0.3 is 0 Å². The van der Waals surface area contributed by atoms with Gasteiger partial charge in [0.2, 0.25) is 5.91 Å². The molecule has 0 radical (unpaired) electrons. The van der Waals surface area contributed by atoms with Crippen LogP contribution in [0.1, 0.15) is 40.1 Å². The maximum absolute atomic E-state index is 13.1. The molecule has 2 aromatic heterocycles. The van der Waals surface area contributed by atoms with E-state index in [0.29, 0.717) is 13.0 Å². The molecule has 132 valence electrons. The van der Waals surface area contributed by atoms with Gasteiger partial charge < -0.3 is 15.2 Å². The van der Waals surface area contributed by atoms with E-state index in [1.807, 2.05) is 40.9 Å². The second-order valence-corrected chi connectivity index (χ2v) is 8.58. The molecule has 0 bridgehead atoms. The summed E-state index contributed by atoms with van der Waals surface area (Å²) >= 11 is 3.61. The zero-order chi connectivity index (χ0) is 17.2. The summed E-state index contributed by atoms with van der Waals surface area (Å²) in [6.07, 6.45) is 7.49. The first-order chi connectivity index (χ1) is 12.2. The van der Waals surface area contributed by atoms with Gasteiger partial charge in [-0.05, 0) is 49.1 Å². The van der Waals surface area contributed by atoms with Crippen molar-refractivity contribution in [3.05, 3.63) is 40.5 Å². The predicted octanol–water partition coefficient (Wildman–Crippen LogP) is 2.73. The van der Waals surface area contributed by atoms with E-state index in [-0.39, 0.29) is 11.8 Å². The molecule has 1 saturated heterocycles. The molecule has 0 saturated carbocycles. The van der Waals surface area contributed by atoms with Crippen molar-refractivity contribution >= 4 is 34.9 Å². The van der Waals surface area contributed by atoms with Crippen LogP contribution in [-0.4, -0.2) is 34.7 Å². The molecule has 0 spiro atoms. The number of thiophene rings is 1. The van der Waals surface area contributed by atoms with Crippen LogP contribution in [0.4, 0.5) is 0 Å². The van der Waals surface area contributed by atoms with E-state index in [9.17, 15) is 9.59 Å². The van der Waals surface area contributed by atoms with Crippen LogP contribution >= 0.6 is 23.1 Å². The number of rotatable bonds is 3. The Kier molecular flexibility index (Phi) is 4.85. The van der Waals surface area contributed by atoms with Crippen LogP contribution in [0.15, 0.2) is 24.5 Å². The van der Waals surface area contributed by atoms with Crippen molar-refractivity contribution in [3.8, 4) is 5.00 Å². The Balaban J connectivity index is 1.67. The van der Waals surface area contributed by atoms with Gasteiger partial charge in [0, 0.05) is 29.6 Å². The molecule has 2 aromatic rings. The number of fused-ring (bicyclic) bond motifs is 1. The van der Waals surface area contributed by atoms with Crippen LogP contribution in [0.2, 0.25) is 0 Å². The van der Waals surface area contributed by atoms with Crippen molar-refractivity contribution in [1.82, 2.24) is 15.2 Å². The third-order valence-electron chi connectivity index (χ3n) is 4.71. The zero-order valence-electron chi connectivity index (χ0n) is 13.9. The van der Waals surface area contributed by atoms with Crippen molar-refractivity contribution in [1.29, 1.82) is 0 Å². The summed E-state index contributed by atoms with van der Waals surface area (Å²) in [5.74, 6) is 1.83. The smallest absolute Gasteiger partial charge is 0.255 e. The van der Waals surface area contributed by atoms with E-state index >= 15 is 0 Å². The van der Waals surface area contributed by atoms with Gasteiger partial charge in [0.1, 0.15) is 11.0 Å². The lowest BCUT2D eigenvalue weighted by Gasteiger charge is -2.17. The van der Waals surface area contributed by atoms with Crippen LogP contribution in [0.3, 0.4) is 0 Å². The molecule has 7 heteroatoms. The minimum atomic E-state index is -0.430. The van der Waals surface area contributed by atoms with Crippen molar-refractivity contribution in [2.24, 2.45) is 0 Å². The average Bonchev–Trinajstić information content (AvgIpc) is 3.22. The SMILES string of the molecule is O=C(N[C@@H]1CCCCNC1=O)c1c(-n2cccc2)sc2c1CCSC2. The Morgan fingerprint density at radius 1 is 1.28 bits per heavy atom. The van der Waals surface area contributed by atoms with Gasteiger partial charge in [0.15, 0.2) is 0 Å². The second-order valence-electron chi connectivity index (χ2n) is 6.39. The van der Waals surface area contributed by atoms with E-state index in [1.54, 1.807) is 11.3 Å². The fourth-order valence-electron chi connectivity index (χ4n) is 3.41. The number of carbonyl (C=O) groups excluding carboxylic acids is 2. The summed E-state index contributed by atoms with van der Waals surface area (Å²) in [5, 5.41) is 6.85. The molecule has 25 heavy (non-hydrogen) atoms. The van der Waals surface area contributed by atoms with Crippen molar-refractivity contribution in [2.75, 3.05) is 12.3 Å². The highest BCUT2D eigenvalue weighted by Crippen LogP contribution is 2.38. The lowest BCUT2D eigenvalue weighted by Crippen LogP contribution is -2.45. The summed E-state index contributed by atoms with van der Waals surface area (Å²) < 4.78 is 2.01. The molecule has 2 N–H and O–H groups in total. The van der Waals surface area contributed by atoms with Gasteiger partial charge in [0.05, 0.1) is 5.56 Å². The lowest BCUT2D eigenvalue weighted by molar-refractivity contribution is -0.122. The predicted molar refractivity (Wildman–Crippen MR) is 102 cm³/mol. The van der Waals surface area contributed by atoms with E-state index in [4.69, 9.17) is 0 Å². The molecule has 1 atom stereocenters. The zero-order valence-corrected chi connectivity index (χ0v) is 15.5. The molecule has 1 fully saturated rings. The fraction of sp³-hybridized carbons (Fsp3) is 0.444. The number of hydrogen-bond acceptors (Lipinski definition) is 4. The number of thioether (sulfide) groups is 1. The molecule has 4 rings (SSSR count). The number of amides is 2. The lowest BCUT2D eigenvalue weighted by atomic mass is 10.1. The van der Waals surface area contributed by atoms with Gasteiger partial charge in [-0.3, -0.25) is 9.59 Å². The normalized spacial score (nSPS) is 20.5. The first-order valence-corrected chi connectivity index (χ1v) is 10.7. The molecule has 2 aliphatic heterocycles. The second kappa shape index (κ2) is 7.25. The van der Waals surface area contributed by atoms with E-state index in [2.05, 4.69) is 10.6 Å². The molecule has 0 aliphatic carbocycles. The summed E-state index contributed by atoms with van der Waals surface area (Å²) in [5.41, 5.74) is 1.92. The number of aromatic nitrogens is 1. The van der Waals surface area contributed by atoms with Crippen LogP contribution in [0.5, 0.6) is 0 Å². The quantitative estimate of drug-likeness (QED) is 0.867. The number of hydrogen-bond donors (Lipinski definition) is 2. The molecule has 0 aromatic carbocycles. The van der Waals surface area contributed by atoms with Gasteiger partial charge in [-0.15, -0.1) is 11.3 Å². The Bertz CT molecular complexity index is 783. The summed E-state index contributed by atoms with van der Waals surface area (Å²) in [6.45, 7) is 0.699. The Hall–Kier alpha value is -1.73. The first-order valence-electron chi connectivity index (χ1n) is 8.68. The highest BCUT2D eigenvalue weighted by Gasteiger charge is 2.29. The molecular formula is C18H21N3O2S2. The highest BCUT2D eigenvalue weighted by atomic mass is 32.2. The van der Waals surface area contributed by atoms with Crippen molar-refractivity contribution < 1.29 is 9.59 Å².